The second kappa shape index (κ2) is 19.4. The average molecular weight is 787 g/mol. The van der Waals surface area contributed by atoms with Gasteiger partial charge in [-0.3, -0.25) is 0 Å². The standard InChI is InChI=1S/C43H59FO4S4/c1-9-15-18-28(12-4)23-46-36-31-21-26(7)49-38(31)37(47-24-29(13-5)19-16-10-2)32-22-33(51-39(32)36)40-41-34(27(8)50-40)35(44)42(52-41)43(45)48-25-30(14-6)20-17-11-3/h21-22,28-30H,9-20,23-25H2,1-8H3. The van der Waals surface area contributed by atoms with E-state index < -0.39 is 11.8 Å². The molecule has 0 saturated heterocycles. The van der Waals surface area contributed by atoms with E-state index in [4.69, 9.17) is 14.2 Å². The molecule has 0 bridgehead atoms. The lowest BCUT2D eigenvalue weighted by Gasteiger charge is -2.19. The van der Waals surface area contributed by atoms with Crippen LogP contribution < -0.4 is 9.47 Å². The third-order valence-electron chi connectivity index (χ3n) is 10.6. The Morgan fingerprint density at radius 3 is 1.73 bits per heavy atom. The Labute approximate surface area is 327 Å². The van der Waals surface area contributed by atoms with E-state index in [1.54, 1.807) is 34.0 Å². The maximum absolute atomic E-state index is 16.1. The van der Waals surface area contributed by atoms with Crippen molar-refractivity contribution in [1.29, 1.82) is 0 Å². The highest BCUT2D eigenvalue weighted by Crippen LogP contribution is 2.54. The molecule has 0 saturated carbocycles. The van der Waals surface area contributed by atoms with Gasteiger partial charge in [-0.15, -0.1) is 45.3 Å². The monoisotopic (exact) mass is 786 g/mol. The van der Waals surface area contributed by atoms with Crippen LogP contribution in [0.4, 0.5) is 4.39 Å². The second-order valence-corrected chi connectivity index (χ2v) is 19.1. The van der Waals surface area contributed by atoms with E-state index in [0.29, 0.717) is 43.0 Å². The quantitative estimate of drug-likeness (QED) is 0.0656. The molecule has 4 aromatic heterocycles. The number of aryl methyl sites for hydroxylation is 2. The second-order valence-electron chi connectivity index (χ2n) is 14.5. The van der Waals surface area contributed by atoms with Gasteiger partial charge in [0.1, 0.15) is 16.4 Å². The van der Waals surface area contributed by atoms with Gasteiger partial charge in [0.2, 0.25) is 0 Å². The van der Waals surface area contributed by atoms with Crippen molar-refractivity contribution in [3.05, 3.63) is 32.6 Å². The number of unbranched alkanes of at least 4 members (excludes halogenated alkanes) is 3. The maximum atomic E-state index is 16.1. The summed E-state index contributed by atoms with van der Waals surface area (Å²) in [5.74, 6) is 2.16. The smallest absolute Gasteiger partial charge is 0.351 e. The van der Waals surface area contributed by atoms with Gasteiger partial charge in [-0.25, -0.2) is 9.18 Å². The lowest BCUT2D eigenvalue weighted by atomic mass is 10.0. The summed E-state index contributed by atoms with van der Waals surface area (Å²) >= 11 is 6.31. The van der Waals surface area contributed by atoms with E-state index in [1.165, 1.54) is 41.9 Å². The van der Waals surface area contributed by atoms with Crippen LogP contribution in [0.5, 0.6) is 11.5 Å². The first kappa shape index (κ1) is 41.0. The summed E-state index contributed by atoms with van der Waals surface area (Å²) in [7, 11) is 0. The SMILES string of the molecule is CCCCC(CC)COC(=O)c1sc2c(-c3cc4c(OCC(CC)CCCC)c5sc(C)cc5c(OCC(CC)CCCC)c4s3)sc(C)c2c1F. The lowest BCUT2D eigenvalue weighted by Crippen LogP contribution is -2.14. The largest absolute Gasteiger partial charge is 0.491 e. The summed E-state index contributed by atoms with van der Waals surface area (Å²) in [6.45, 7) is 19.1. The molecule has 5 aromatic rings. The number of thiophene rings is 4. The Bertz CT molecular complexity index is 1840. The minimum absolute atomic E-state index is 0.0769. The van der Waals surface area contributed by atoms with Crippen LogP contribution in [-0.2, 0) is 4.74 Å². The molecule has 3 atom stereocenters. The highest BCUT2D eigenvalue weighted by atomic mass is 32.1. The minimum atomic E-state index is -0.551. The Kier molecular flexibility index (Phi) is 15.3. The van der Waals surface area contributed by atoms with E-state index in [-0.39, 0.29) is 4.88 Å². The maximum Gasteiger partial charge on any atom is 0.351 e. The van der Waals surface area contributed by atoms with Crippen molar-refractivity contribution in [2.24, 2.45) is 17.8 Å². The number of esters is 1. The van der Waals surface area contributed by atoms with Crippen LogP contribution in [0.25, 0.3) is 40.0 Å². The molecule has 52 heavy (non-hydrogen) atoms. The number of carbonyl (C=O) groups is 1. The molecule has 3 unspecified atom stereocenters. The number of hydrogen-bond acceptors (Lipinski definition) is 8. The third-order valence-corrected chi connectivity index (χ3v) is 15.3. The summed E-state index contributed by atoms with van der Waals surface area (Å²) in [6.07, 6.45) is 13.4. The first-order chi connectivity index (χ1) is 25.2. The van der Waals surface area contributed by atoms with Crippen LogP contribution in [-0.4, -0.2) is 25.8 Å². The van der Waals surface area contributed by atoms with E-state index in [2.05, 4.69) is 60.6 Å². The first-order valence-corrected chi connectivity index (χ1v) is 23.1. The highest BCUT2D eigenvalue weighted by molar-refractivity contribution is 7.31. The number of halogens is 1. The number of fused-ring (bicyclic) bond motifs is 3. The summed E-state index contributed by atoms with van der Waals surface area (Å²) < 4.78 is 38.6. The third kappa shape index (κ3) is 9.18. The number of carbonyl (C=O) groups excluding carboxylic acids is 1. The Morgan fingerprint density at radius 1 is 0.673 bits per heavy atom. The molecule has 0 N–H and O–H groups in total. The van der Waals surface area contributed by atoms with Crippen LogP contribution in [0.1, 0.15) is 138 Å². The average Bonchev–Trinajstić information content (AvgIpc) is 3.91. The van der Waals surface area contributed by atoms with Crippen LogP contribution in [0.2, 0.25) is 0 Å². The molecule has 286 valence electrons. The molecule has 0 fully saturated rings. The van der Waals surface area contributed by atoms with Crippen molar-refractivity contribution in [2.45, 2.75) is 132 Å². The molecule has 1 aromatic carbocycles. The number of ether oxygens (including phenoxy) is 3. The summed E-state index contributed by atoms with van der Waals surface area (Å²) in [5, 5.41) is 2.72. The van der Waals surface area contributed by atoms with Crippen molar-refractivity contribution in [2.75, 3.05) is 19.8 Å². The normalized spacial score (nSPS) is 13.7. The van der Waals surface area contributed by atoms with Crippen molar-refractivity contribution in [3.8, 4) is 21.3 Å². The highest BCUT2D eigenvalue weighted by Gasteiger charge is 2.29. The fraction of sp³-hybridized carbons (Fsp3) is 0.605. The van der Waals surface area contributed by atoms with Gasteiger partial charge in [-0.05, 0) is 63.0 Å². The molecular weight excluding hydrogens is 728 g/mol. The molecule has 0 aliphatic heterocycles. The molecular formula is C43H59FO4S4. The zero-order valence-corrected chi connectivity index (χ0v) is 35.9. The zero-order chi connectivity index (χ0) is 37.4. The number of rotatable bonds is 22. The van der Waals surface area contributed by atoms with E-state index in [9.17, 15) is 4.79 Å². The van der Waals surface area contributed by atoms with Crippen LogP contribution >= 0.6 is 45.3 Å². The molecule has 0 radical (unpaired) electrons. The molecule has 0 aliphatic rings. The van der Waals surface area contributed by atoms with Crippen LogP contribution in [0, 0.1) is 37.4 Å². The van der Waals surface area contributed by atoms with Gasteiger partial charge in [0.25, 0.3) is 0 Å². The van der Waals surface area contributed by atoms with Crippen LogP contribution in [0.3, 0.4) is 0 Å². The van der Waals surface area contributed by atoms with Crippen molar-refractivity contribution < 1.29 is 23.4 Å². The fourth-order valence-electron chi connectivity index (χ4n) is 7.01. The predicted octanol–water partition coefficient (Wildman–Crippen LogP) is 15.4. The van der Waals surface area contributed by atoms with Gasteiger partial charge in [0.05, 0.1) is 38.8 Å². The van der Waals surface area contributed by atoms with Crippen molar-refractivity contribution in [3.63, 3.8) is 0 Å². The molecule has 5 rings (SSSR count). The molecule has 0 amide bonds. The Balaban J connectivity index is 1.59. The molecule has 0 spiro atoms. The van der Waals surface area contributed by atoms with Gasteiger partial charge >= 0.3 is 5.97 Å². The van der Waals surface area contributed by atoms with E-state index in [1.807, 2.05) is 6.92 Å². The van der Waals surface area contributed by atoms with Gasteiger partial charge in [0.15, 0.2) is 5.82 Å². The summed E-state index contributed by atoms with van der Waals surface area (Å²) in [5.41, 5.74) is 0. The minimum Gasteiger partial charge on any atom is -0.491 e. The van der Waals surface area contributed by atoms with E-state index in [0.717, 1.165) is 102 Å². The Hall–Kier alpha value is -2.20. The molecule has 4 heterocycles. The van der Waals surface area contributed by atoms with Crippen molar-refractivity contribution in [1.82, 2.24) is 0 Å². The number of benzene rings is 1. The number of hydrogen-bond donors (Lipinski definition) is 0. The fourth-order valence-corrected chi connectivity index (χ4v) is 11.8. The Morgan fingerprint density at radius 2 is 1.19 bits per heavy atom. The molecule has 4 nitrogen and oxygen atoms in total. The van der Waals surface area contributed by atoms with Gasteiger partial charge < -0.3 is 14.2 Å². The van der Waals surface area contributed by atoms with Crippen LogP contribution in [0.15, 0.2) is 12.1 Å². The van der Waals surface area contributed by atoms with Gasteiger partial charge in [-0.1, -0.05) is 99.3 Å². The lowest BCUT2D eigenvalue weighted by molar-refractivity contribution is 0.0429. The van der Waals surface area contributed by atoms with E-state index >= 15 is 4.39 Å². The molecule has 9 heteroatoms. The molecule has 0 aliphatic carbocycles. The predicted molar refractivity (Wildman–Crippen MR) is 227 cm³/mol. The van der Waals surface area contributed by atoms with Gasteiger partial charge in [-0.2, -0.15) is 0 Å². The summed E-state index contributed by atoms with van der Waals surface area (Å²) in [6, 6.07) is 4.49. The van der Waals surface area contributed by atoms with Crippen molar-refractivity contribution >= 4 is 81.6 Å². The first-order valence-electron chi connectivity index (χ1n) is 19.8. The zero-order valence-electron chi connectivity index (χ0n) is 32.6. The summed E-state index contributed by atoms with van der Waals surface area (Å²) in [4.78, 5) is 17.5. The van der Waals surface area contributed by atoms with Gasteiger partial charge in [0, 0.05) is 30.8 Å². The topological polar surface area (TPSA) is 44.8 Å².